The summed E-state index contributed by atoms with van der Waals surface area (Å²) in [7, 11) is 1.64. The molecule has 2 aliphatic rings. The molecule has 3 aromatic carbocycles. The second-order valence-electron chi connectivity index (χ2n) is 9.72. The summed E-state index contributed by atoms with van der Waals surface area (Å²) in [5, 5.41) is 0. The molecule has 192 valence electrons. The SMILES string of the molecule is COc1ccc(N2CCN(C(=O)Oc3ccc(C)cc3)C[C@@H]2C(=O)N(Cc2ccccc2)C2CC2)cc1. The molecule has 1 atom stereocenters. The Balaban J connectivity index is 1.39. The van der Waals surface area contributed by atoms with E-state index in [1.54, 1.807) is 24.1 Å². The predicted molar refractivity (Wildman–Crippen MR) is 143 cm³/mol. The molecule has 0 unspecified atom stereocenters. The van der Waals surface area contributed by atoms with Crippen LogP contribution < -0.4 is 14.4 Å². The lowest BCUT2D eigenvalue weighted by Gasteiger charge is -2.43. The summed E-state index contributed by atoms with van der Waals surface area (Å²) in [6, 6.07) is 24.9. The van der Waals surface area contributed by atoms with Crippen LogP contribution in [0.5, 0.6) is 11.5 Å². The van der Waals surface area contributed by atoms with Gasteiger partial charge in [-0.25, -0.2) is 4.79 Å². The maximum Gasteiger partial charge on any atom is 0.415 e. The number of rotatable bonds is 7. The summed E-state index contributed by atoms with van der Waals surface area (Å²) < 4.78 is 11.0. The van der Waals surface area contributed by atoms with Crippen LogP contribution in [0.15, 0.2) is 78.9 Å². The number of piperazine rings is 1. The first-order chi connectivity index (χ1) is 18.0. The van der Waals surface area contributed by atoms with Gasteiger partial charge in [-0.1, -0.05) is 48.0 Å². The summed E-state index contributed by atoms with van der Waals surface area (Å²) in [5.41, 5.74) is 3.13. The number of methoxy groups -OCH3 is 1. The van der Waals surface area contributed by atoms with Crippen molar-refractivity contribution >= 4 is 17.7 Å². The molecule has 7 nitrogen and oxygen atoms in total. The van der Waals surface area contributed by atoms with E-state index in [1.165, 1.54) is 0 Å². The van der Waals surface area contributed by atoms with Crippen LogP contribution in [0.2, 0.25) is 0 Å². The summed E-state index contributed by atoms with van der Waals surface area (Å²) in [6.45, 7) is 3.79. The van der Waals surface area contributed by atoms with Gasteiger partial charge in [0.15, 0.2) is 0 Å². The van der Waals surface area contributed by atoms with E-state index in [0.29, 0.717) is 25.4 Å². The molecular weight excluding hydrogens is 466 g/mol. The van der Waals surface area contributed by atoms with E-state index in [9.17, 15) is 9.59 Å². The molecule has 1 heterocycles. The molecule has 37 heavy (non-hydrogen) atoms. The number of nitrogens with zero attached hydrogens (tertiary/aromatic N) is 3. The Hall–Kier alpha value is -4.00. The molecule has 0 aromatic heterocycles. The van der Waals surface area contributed by atoms with Gasteiger partial charge in [-0.2, -0.15) is 0 Å². The third-order valence-corrected chi connectivity index (χ3v) is 7.02. The number of ether oxygens (including phenoxy) is 2. The average Bonchev–Trinajstić information content (AvgIpc) is 3.78. The Morgan fingerprint density at radius 2 is 1.57 bits per heavy atom. The molecule has 5 rings (SSSR count). The zero-order chi connectivity index (χ0) is 25.8. The van der Waals surface area contributed by atoms with Crippen LogP contribution in [0.1, 0.15) is 24.0 Å². The van der Waals surface area contributed by atoms with Gasteiger partial charge in [-0.3, -0.25) is 4.79 Å². The smallest absolute Gasteiger partial charge is 0.415 e. The van der Waals surface area contributed by atoms with E-state index in [4.69, 9.17) is 9.47 Å². The number of hydrogen-bond donors (Lipinski definition) is 0. The normalized spacial score (nSPS) is 17.3. The maximum absolute atomic E-state index is 14.1. The molecule has 0 N–H and O–H groups in total. The molecule has 1 saturated heterocycles. The molecule has 0 spiro atoms. The lowest BCUT2D eigenvalue weighted by molar-refractivity contribution is -0.134. The number of amides is 2. The highest BCUT2D eigenvalue weighted by Gasteiger charge is 2.41. The molecule has 2 fully saturated rings. The van der Waals surface area contributed by atoms with Crippen molar-refractivity contribution in [2.45, 2.75) is 38.4 Å². The van der Waals surface area contributed by atoms with Crippen LogP contribution in [0.3, 0.4) is 0 Å². The van der Waals surface area contributed by atoms with E-state index in [0.717, 1.165) is 35.4 Å². The fourth-order valence-corrected chi connectivity index (χ4v) is 4.76. The maximum atomic E-state index is 14.1. The van der Waals surface area contributed by atoms with Crippen molar-refractivity contribution < 1.29 is 19.1 Å². The highest BCUT2D eigenvalue weighted by molar-refractivity contribution is 5.87. The second kappa shape index (κ2) is 10.9. The van der Waals surface area contributed by atoms with Gasteiger partial charge < -0.3 is 24.2 Å². The molecule has 1 saturated carbocycles. The second-order valence-corrected chi connectivity index (χ2v) is 9.72. The highest BCUT2D eigenvalue weighted by atomic mass is 16.6. The fourth-order valence-electron chi connectivity index (χ4n) is 4.76. The first-order valence-electron chi connectivity index (χ1n) is 12.8. The number of aryl methyl sites for hydroxylation is 1. The molecule has 0 radical (unpaired) electrons. The molecule has 2 amide bonds. The van der Waals surface area contributed by atoms with Gasteiger partial charge in [-0.05, 0) is 61.7 Å². The molecule has 1 aliphatic carbocycles. The largest absolute Gasteiger partial charge is 0.497 e. The van der Waals surface area contributed by atoms with E-state index < -0.39 is 12.1 Å². The summed E-state index contributed by atoms with van der Waals surface area (Å²) in [4.78, 5) is 33.0. The average molecular weight is 500 g/mol. The van der Waals surface area contributed by atoms with E-state index in [2.05, 4.69) is 17.0 Å². The van der Waals surface area contributed by atoms with Crippen molar-refractivity contribution in [1.82, 2.24) is 9.80 Å². The quantitative estimate of drug-likeness (QED) is 0.464. The monoisotopic (exact) mass is 499 g/mol. The standard InChI is InChI=1S/C30H33N3O4/c1-22-8-14-27(15-9-22)37-30(35)31-18-19-32(24-12-16-26(36-2)17-13-24)28(21-31)29(34)33(25-10-11-25)20-23-6-4-3-5-7-23/h3-9,12-17,25,28H,10-11,18-21H2,1-2H3/t28-/m1/s1. The summed E-state index contributed by atoms with van der Waals surface area (Å²) >= 11 is 0. The van der Waals surface area contributed by atoms with Crippen molar-refractivity contribution in [2.75, 3.05) is 31.6 Å². The summed E-state index contributed by atoms with van der Waals surface area (Å²) in [5.74, 6) is 1.30. The van der Waals surface area contributed by atoms with E-state index >= 15 is 0 Å². The zero-order valence-electron chi connectivity index (χ0n) is 21.4. The number of carbonyl (C=O) groups excluding carboxylic acids is 2. The Bertz CT molecular complexity index is 1210. The molecule has 7 heteroatoms. The van der Waals surface area contributed by atoms with Gasteiger partial charge >= 0.3 is 6.09 Å². The van der Waals surface area contributed by atoms with Crippen LogP contribution >= 0.6 is 0 Å². The third-order valence-electron chi connectivity index (χ3n) is 7.02. The number of benzene rings is 3. The fraction of sp³-hybridized carbons (Fsp3) is 0.333. The molecule has 0 bridgehead atoms. The van der Waals surface area contributed by atoms with Crippen molar-refractivity contribution in [2.24, 2.45) is 0 Å². The lowest BCUT2D eigenvalue weighted by Crippen LogP contribution is -2.61. The van der Waals surface area contributed by atoms with Gasteiger partial charge in [-0.15, -0.1) is 0 Å². The van der Waals surface area contributed by atoms with E-state index in [-0.39, 0.29) is 18.5 Å². The van der Waals surface area contributed by atoms with Gasteiger partial charge in [0.1, 0.15) is 17.5 Å². The molecule has 1 aliphatic heterocycles. The van der Waals surface area contributed by atoms with Gasteiger partial charge in [0.2, 0.25) is 5.91 Å². The van der Waals surface area contributed by atoms with Crippen molar-refractivity contribution in [1.29, 1.82) is 0 Å². The molecular formula is C30H33N3O4. The first-order valence-corrected chi connectivity index (χ1v) is 12.8. The van der Waals surface area contributed by atoms with Gasteiger partial charge in [0.25, 0.3) is 0 Å². The number of hydrogen-bond acceptors (Lipinski definition) is 5. The Labute approximate surface area is 218 Å². The van der Waals surface area contributed by atoms with Crippen LogP contribution in [0, 0.1) is 6.92 Å². The van der Waals surface area contributed by atoms with E-state index in [1.807, 2.05) is 66.4 Å². The van der Waals surface area contributed by atoms with Crippen LogP contribution in [0.25, 0.3) is 0 Å². The van der Waals surface area contributed by atoms with Crippen LogP contribution in [-0.2, 0) is 11.3 Å². The lowest BCUT2D eigenvalue weighted by atomic mass is 10.1. The number of carbonyl (C=O) groups is 2. The van der Waals surface area contributed by atoms with Crippen molar-refractivity contribution in [3.8, 4) is 11.5 Å². The Kier molecular flexibility index (Phi) is 7.30. The first kappa shape index (κ1) is 24.7. The van der Waals surface area contributed by atoms with Crippen molar-refractivity contribution in [3.63, 3.8) is 0 Å². The van der Waals surface area contributed by atoms with Crippen molar-refractivity contribution in [3.05, 3.63) is 90.0 Å². The topological polar surface area (TPSA) is 62.3 Å². The minimum absolute atomic E-state index is 0.0370. The third kappa shape index (κ3) is 5.88. The molecule has 3 aromatic rings. The Morgan fingerprint density at radius 3 is 2.22 bits per heavy atom. The minimum Gasteiger partial charge on any atom is -0.497 e. The minimum atomic E-state index is -0.517. The highest BCUT2D eigenvalue weighted by Crippen LogP contribution is 2.32. The van der Waals surface area contributed by atoms with Crippen LogP contribution in [0.4, 0.5) is 10.5 Å². The Morgan fingerprint density at radius 1 is 0.892 bits per heavy atom. The van der Waals surface area contributed by atoms with Gasteiger partial charge in [0.05, 0.1) is 13.7 Å². The predicted octanol–water partition coefficient (Wildman–Crippen LogP) is 4.88. The summed E-state index contributed by atoms with van der Waals surface area (Å²) in [6.07, 6.45) is 1.58. The zero-order valence-corrected chi connectivity index (χ0v) is 21.4. The van der Waals surface area contributed by atoms with Gasteiger partial charge in [0, 0.05) is 31.4 Å². The number of anilines is 1. The van der Waals surface area contributed by atoms with Crippen LogP contribution in [-0.4, -0.2) is 60.6 Å².